The molecule has 21 heavy (non-hydrogen) atoms. The molecule has 1 aromatic rings. The Morgan fingerprint density at radius 3 is 2.67 bits per heavy atom. The Hall–Kier alpha value is -1.13. The molecule has 1 heterocycles. The van der Waals surface area contributed by atoms with E-state index in [-0.39, 0.29) is 30.0 Å². The highest BCUT2D eigenvalue weighted by Crippen LogP contribution is 2.31. The molecule has 1 aliphatic heterocycles. The lowest BCUT2D eigenvalue weighted by Crippen LogP contribution is -2.43. The molecule has 3 nitrogen and oxygen atoms in total. The first-order valence-electron chi connectivity index (χ1n) is 7.50. The van der Waals surface area contributed by atoms with Gasteiger partial charge >= 0.3 is 0 Å². The minimum Gasteiger partial charge on any atom is -0.335 e. The molecule has 1 aromatic carbocycles. The van der Waals surface area contributed by atoms with Gasteiger partial charge in [-0.1, -0.05) is 18.2 Å². The number of amides is 1. The lowest BCUT2D eigenvalue weighted by atomic mass is 9.97. The van der Waals surface area contributed by atoms with Gasteiger partial charge in [0, 0.05) is 24.7 Å². The fraction of sp³-hybridized carbons (Fsp3) is 0.562. The third-order valence-electron chi connectivity index (χ3n) is 4.22. The molecule has 1 saturated carbocycles. The lowest BCUT2D eigenvalue weighted by molar-refractivity contribution is -0.137. The van der Waals surface area contributed by atoms with Gasteiger partial charge in [0.2, 0.25) is 5.91 Å². The molecule has 116 valence electrons. The summed E-state index contributed by atoms with van der Waals surface area (Å²) in [6.45, 7) is 2.17. The SMILES string of the molecule is Cl.O=C(C1CCCNC1)N(Cc1ccccc1F)C1CC1. The second-order valence-electron chi connectivity index (χ2n) is 5.83. The smallest absolute Gasteiger partial charge is 0.227 e. The molecule has 1 atom stereocenters. The first-order valence-corrected chi connectivity index (χ1v) is 7.50. The highest BCUT2D eigenvalue weighted by Gasteiger charge is 2.36. The third kappa shape index (κ3) is 3.95. The van der Waals surface area contributed by atoms with Crippen LogP contribution in [0, 0.1) is 11.7 Å². The molecule has 2 fully saturated rings. The standard InChI is InChI=1S/C16H21FN2O.ClH/c17-15-6-2-1-4-13(15)11-19(14-7-8-14)16(20)12-5-3-9-18-10-12;/h1-2,4,6,12,14,18H,3,5,7-11H2;1H. The maximum absolute atomic E-state index is 13.8. The van der Waals surface area contributed by atoms with Gasteiger partial charge in [0.1, 0.15) is 5.82 Å². The summed E-state index contributed by atoms with van der Waals surface area (Å²) in [4.78, 5) is 14.6. The largest absolute Gasteiger partial charge is 0.335 e. The summed E-state index contributed by atoms with van der Waals surface area (Å²) in [5.74, 6) is 0.0480. The monoisotopic (exact) mass is 312 g/mol. The van der Waals surface area contributed by atoms with Crippen LogP contribution in [-0.4, -0.2) is 29.9 Å². The van der Waals surface area contributed by atoms with E-state index in [4.69, 9.17) is 0 Å². The Morgan fingerprint density at radius 2 is 2.05 bits per heavy atom. The second kappa shape index (κ2) is 7.23. The summed E-state index contributed by atoms with van der Waals surface area (Å²) in [7, 11) is 0. The van der Waals surface area contributed by atoms with Crippen molar-refractivity contribution in [2.24, 2.45) is 5.92 Å². The average molecular weight is 313 g/mol. The maximum atomic E-state index is 13.8. The molecular weight excluding hydrogens is 291 g/mol. The van der Waals surface area contributed by atoms with Crippen LogP contribution in [0.2, 0.25) is 0 Å². The maximum Gasteiger partial charge on any atom is 0.227 e. The number of carbonyl (C=O) groups excluding carboxylic acids is 1. The number of nitrogens with zero attached hydrogens (tertiary/aromatic N) is 1. The van der Waals surface area contributed by atoms with Crippen molar-refractivity contribution in [2.75, 3.05) is 13.1 Å². The number of hydrogen-bond acceptors (Lipinski definition) is 2. The van der Waals surface area contributed by atoms with Crippen molar-refractivity contribution in [2.45, 2.75) is 38.3 Å². The van der Waals surface area contributed by atoms with Crippen molar-refractivity contribution in [3.63, 3.8) is 0 Å². The van der Waals surface area contributed by atoms with Crippen LogP contribution in [-0.2, 0) is 11.3 Å². The summed E-state index contributed by atoms with van der Waals surface area (Å²) >= 11 is 0. The van der Waals surface area contributed by atoms with E-state index in [1.807, 2.05) is 11.0 Å². The first kappa shape index (κ1) is 16.2. The van der Waals surface area contributed by atoms with Crippen molar-refractivity contribution in [3.8, 4) is 0 Å². The molecule has 1 N–H and O–H groups in total. The predicted molar refractivity (Wildman–Crippen MR) is 82.8 cm³/mol. The molecule has 1 amide bonds. The number of nitrogens with one attached hydrogen (secondary N) is 1. The highest BCUT2D eigenvalue weighted by molar-refractivity contribution is 5.85. The second-order valence-corrected chi connectivity index (χ2v) is 5.83. The van der Waals surface area contributed by atoms with Gasteiger partial charge in [-0.3, -0.25) is 4.79 Å². The zero-order valence-corrected chi connectivity index (χ0v) is 12.9. The quantitative estimate of drug-likeness (QED) is 0.927. The Bertz CT molecular complexity index is 487. The van der Waals surface area contributed by atoms with Crippen LogP contribution in [0.3, 0.4) is 0 Å². The van der Waals surface area contributed by atoms with Gasteiger partial charge in [-0.05, 0) is 38.3 Å². The van der Waals surface area contributed by atoms with Crippen molar-refractivity contribution >= 4 is 18.3 Å². The van der Waals surface area contributed by atoms with Gasteiger partial charge in [0.25, 0.3) is 0 Å². The minimum atomic E-state index is -0.215. The normalized spacial score (nSPS) is 21.5. The number of benzene rings is 1. The van der Waals surface area contributed by atoms with Gasteiger partial charge in [-0.2, -0.15) is 0 Å². The zero-order valence-electron chi connectivity index (χ0n) is 12.1. The molecule has 1 saturated heterocycles. The van der Waals surface area contributed by atoms with Crippen LogP contribution in [0.15, 0.2) is 24.3 Å². The van der Waals surface area contributed by atoms with Crippen LogP contribution in [0.25, 0.3) is 0 Å². The van der Waals surface area contributed by atoms with Crippen molar-refractivity contribution in [3.05, 3.63) is 35.6 Å². The van der Waals surface area contributed by atoms with E-state index in [2.05, 4.69) is 5.32 Å². The van der Waals surface area contributed by atoms with Gasteiger partial charge in [-0.25, -0.2) is 4.39 Å². The number of rotatable bonds is 4. The van der Waals surface area contributed by atoms with E-state index >= 15 is 0 Å². The third-order valence-corrected chi connectivity index (χ3v) is 4.22. The van der Waals surface area contributed by atoms with Crippen molar-refractivity contribution < 1.29 is 9.18 Å². The molecule has 1 unspecified atom stereocenters. The summed E-state index contributed by atoms with van der Waals surface area (Å²) in [5, 5.41) is 3.28. The van der Waals surface area contributed by atoms with Crippen LogP contribution >= 0.6 is 12.4 Å². The lowest BCUT2D eigenvalue weighted by Gasteiger charge is -2.30. The fourth-order valence-corrected chi connectivity index (χ4v) is 2.88. The number of piperidine rings is 1. The zero-order chi connectivity index (χ0) is 13.9. The van der Waals surface area contributed by atoms with E-state index in [0.29, 0.717) is 18.2 Å². The van der Waals surface area contributed by atoms with E-state index in [1.54, 1.807) is 12.1 Å². The Labute approximate surface area is 131 Å². The summed E-state index contributed by atoms with van der Waals surface area (Å²) in [6.07, 6.45) is 4.11. The molecule has 1 aliphatic carbocycles. The topological polar surface area (TPSA) is 32.3 Å². The molecule has 0 bridgehead atoms. The van der Waals surface area contributed by atoms with Crippen LogP contribution < -0.4 is 5.32 Å². The summed E-state index contributed by atoms with van der Waals surface area (Å²) < 4.78 is 13.8. The fourth-order valence-electron chi connectivity index (χ4n) is 2.88. The van der Waals surface area contributed by atoms with Crippen LogP contribution in [0.5, 0.6) is 0 Å². The first-order chi connectivity index (χ1) is 9.75. The van der Waals surface area contributed by atoms with E-state index in [0.717, 1.165) is 38.8 Å². The molecule has 0 spiro atoms. The summed E-state index contributed by atoms with van der Waals surface area (Å²) in [5.41, 5.74) is 0.622. The van der Waals surface area contributed by atoms with Crippen molar-refractivity contribution in [1.82, 2.24) is 10.2 Å². The van der Waals surface area contributed by atoms with Gasteiger partial charge in [0.05, 0.1) is 5.92 Å². The molecule has 2 aliphatic rings. The predicted octanol–water partition coefficient (Wildman–Crippen LogP) is 2.74. The number of carbonyl (C=O) groups is 1. The van der Waals surface area contributed by atoms with Gasteiger partial charge in [0.15, 0.2) is 0 Å². The van der Waals surface area contributed by atoms with E-state index in [1.165, 1.54) is 6.07 Å². The highest BCUT2D eigenvalue weighted by atomic mass is 35.5. The Kier molecular flexibility index (Phi) is 5.59. The molecule has 5 heteroatoms. The van der Waals surface area contributed by atoms with E-state index in [9.17, 15) is 9.18 Å². The minimum absolute atomic E-state index is 0. The molecule has 0 aromatic heterocycles. The van der Waals surface area contributed by atoms with Crippen molar-refractivity contribution in [1.29, 1.82) is 0 Å². The Morgan fingerprint density at radius 1 is 1.29 bits per heavy atom. The summed E-state index contributed by atoms with van der Waals surface area (Å²) in [6, 6.07) is 7.08. The Balaban J connectivity index is 0.00000161. The van der Waals surface area contributed by atoms with Crippen LogP contribution in [0.1, 0.15) is 31.2 Å². The molecule has 0 radical (unpaired) electrons. The number of halogens is 2. The average Bonchev–Trinajstić information content (AvgIpc) is 3.31. The van der Waals surface area contributed by atoms with Gasteiger partial charge in [-0.15, -0.1) is 12.4 Å². The molecule has 3 rings (SSSR count). The van der Waals surface area contributed by atoms with E-state index < -0.39 is 0 Å². The number of hydrogen-bond donors (Lipinski definition) is 1. The van der Waals surface area contributed by atoms with Crippen LogP contribution in [0.4, 0.5) is 4.39 Å². The molecular formula is C16H22ClFN2O. The van der Waals surface area contributed by atoms with Gasteiger partial charge < -0.3 is 10.2 Å².